The normalized spacial score (nSPS) is 14.0. The van der Waals surface area contributed by atoms with Gasteiger partial charge in [-0.05, 0) is 61.6 Å². The fraction of sp³-hybridized carbons (Fsp3) is 0.522. The minimum atomic E-state index is -3.46. The van der Waals surface area contributed by atoms with Crippen molar-refractivity contribution in [3.63, 3.8) is 0 Å². The first-order chi connectivity index (χ1) is 14.2. The van der Waals surface area contributed by atoms with E-state index in [1.807, 2.05) is 57.2 Å². The van der Waals surface area contributed by atoms with Crippen molar-refractivity contribution >= 4 is 24.3 Å². The topological polar surface area (TPSA) is 73.9 Å². The molecule has 7 heteroatoms. The maximum atomic E-state index is 13.3. The highest BCUT2D eigenvalue weighted by Crippen LogP contribution is 2.54. The molecule has 2 rings (SSSR count). The Kier molecular flexibility index (Phi) is 8.90. The summed E-state index contributed by atoms with van der Waals surface area (Å²) < 4.78 is 29.6. The molecule has 0 spiro atoms. The second-order valence-electron chi connectivity index (χ2n) is 7.72. The molecule has 0 aliphatic carbocycles. The van der Waals surface area contributed by atoms with Gasteiger partial charge in [-0.3, -0.25) is 9.36 Å². The van der Waals surface area contributed by atoms with Gasteiger partial charge in [0, 0.05) is 0 Å². The summed E-state index contributed by atoms with van der Waals surface area (Å²) in [6.45, 7) is 9.93. The molecule has 0 unspecified atom stereocenters. The monoisotopic (exact) mass is 435 g/mol. The van der Waals surface area contributed by atoms with Crippen molar-refractivity contribution in [1.82, 2.24) is 5.32 Å². The highest BCUT2D eigenvalue weighted by molar-refractivity contribution is 7.54. The number of nitrogens with one attached hydrogen (secondary N) is 1. The molecule has 0 saturated heterocycles. The molecular formula is C23H34NO5P. The molecule has 2 aromatic carbocycles. The van der Waals surface area contributed by atoms with Crippen molar-refractivity contribution in [3.05, 3.63) is 42.0 Å². The Morgan fingerprint density at radius 2 is 1.60 bits per heavy atom. The molecule has 0 heterocycles. The number of benzene rings is 2. The van der Waals surface area contributed by atoms with E-state index >= 15 is 0 Å². The molecule has 0 saturated carbocycles. The molecule has 0 aliphatic rings. The molecule has 0 fully saturated rings. The lowest BCUT2D eigenvalue weighted by Crippen LogP contribution is -2.39. The lowest BCUT2D eigenvalue weighted by molar-refractivity contribution is -0.122. The first-order valence-corrected chi connectivity index (χ1v) is 12.1. The van der Waals surface area contributed by atoms with Crippen LogP contribution in [0, 0.1) is 5.92 Å². The van der Waals surface area contributed by atoms with Gasteiger partial charge in [-0.15, -0.1) is 0 Å². The Hall–Kier alpha value is -1.88. The molecule has 2 aromatic rings. The van der Waals surface area contributed by atoms with E-state index in [1.165, 1.54) is 0 Å². The molecule has 1 N–H and O–H groups in total. The van der Waals surface area contributed by atoms with Crippen molar-refractivity contribution in [2.45, 2.75) is 52.7 Å². The quantitative estimate of drug-likeness (QED) is 0.458. The zero-order chi connectivity index (χ0) is 22.3. The summed E-state index contributed by atoms with van der Waals surface area (Å²) in [5, 5.41) is 5.02. The van der Waals surface area contributed by atoms with Crippen LogP contribution in [0.4, 0.5) is 0 Å². The molecule has 0 radical (unpaired) electrons. The average Bonchev–Trinajstić information content (AvgIpc) is 2.71. The number of carbonyl (C=O) groups excluding carboxylic acids is 1. The highest BCUT2D eigenvalue weighted by Gasteiger charge is 2.38. The van der Waals surface area contributed by atoms with Gasteiger partial charge in [-0.25, -0.2) is 0 Å². The fourth-order valence-electron chi connectivity index (χ4n) is 3.37. The molecule has 0 aromatic heterocycles. The highest BCUT2D eigenvalue weighted by atomic mass is 31.2. The third kappa shape index (κ3) is 6.07. The number of ether oxygens (including phenoxy) is 1. The third-order valence-corrected chi connectivity index (χ3v) is 7.31. The number of fused-ring (bicyclic) bond motifs is 1. The van der Waals surface area contributed by atoms with E-state index in [9.17, 15) is 9.36 Å². The summed E-state index contributed by atoms with van der Waals surface area (Å²) in [4.78, 5) is 13.1. The van der Waals surface area contributed by atoms with E-state index in [-0.39, 0.29) is 25.0 Å². The number of methoxy groups -OCH3 is 1. The number of amides is 1. The summed E-state index contributed by atoms with van der Waals surface area (Å²) in [7, 11) is -1.83. The van der Waals surface area contributed by atoms with Crippen LogP contribution in [-0.2, 0) is 18.4 Å². The van der Waals surface area contributed by atoms with Crippen molar-refractivity contribution in [3.8, 4) is 5.75 Å². The second-order valence-corrected chi connectivity index (χ2v) is 9.94. The molecule has 0 aliphatic heterocycles. The largest absolute Gasteiger partial charge is 0.497 e. The first kappa shape index (κ1) is 24.4. The van der Waals surface area contributed by atoms with Gasteiger partial charge in [0.25, 0.3) is 0 Å². The molecule has 30 heavy (non-hydrogen) atoms. The number of rotatable bonds is 11. The van der Waals surface area contributed by atoms with E-state index in [2.05, 4.69) is 5.32 Å². The van der Waals surface area contributed by atoms with Gasteiger partial charge in [0.1, 0.15) is 11.5 Å². The van der Waals surface area contributed by atoms with Crippen LogP contribution in [0.15, 0.2) is 36.4 Å². The first-order valence-electron chi connectivity index (χ1n) is 10.5. The average molecular weight is 436 g/mol. The van der Waals surface area contributed by atoms with Crippen molar-refractivity contribution in [2.75, 3.05) is 20.3 Å². The van der Waals surface area contributed by atoms with Crippen LogP contribution in [0.25, 0.3) is 10.8 Å². The molecule has 166 valence electrons. The SMILES string of the molecule is CCOP(=O)(OCC)[C@H](CC(C)C)NC(=O)[C@@H](C)c1ccc2cc(OC)ccc2c1. The van der Waals surface area contributed by atoms with E-state index < -0.39 is 19.3 Å². The minimum Gasteiger partial charge on any atom is -0.497 e. The lowest BCUT2D eigenvalue weighted by atomic mass is 9.97. The van der Waals surface area contributed by atoms with Crippen LogP contribution in [0.2, 0.25) is 0 Å². The van der Waals surface area contributed by atoms with Gasteiger partial charge < -0.3 is 19.1 Å². The maximum absolute atomic E-state index is 13.3. The summed E-state index contributed by atoms with van der Waals surface area (Å²) in [6.07, 6.45) is 0.507. The Morgan fingerprint density at radius 3 is 2.17 bits per heavy atom. The van der Waals surface area contributed by atoms with Gasteiger partial charge in [0.05, 0.1) is 26.2 Å². The van der Waals surface area contributed by atoms with E-state index in [0.29, 0.717) is 6.42 Å². The fourth-order valence-corrected chi connectivity index (χ4v) is 5.49. The number of carbonyl (C=O) groups is 1. The Balaban J connectivity index is 2.25. The van der Waals surface area contributed by atoms with E-state index in [4.69, 9.17) is 13.8 Å². The van der Waals surface area contributed by atoms with E-state index in [1.54, 1.807) is 21.0 Å². The molecular weight excluding hydrogens is 401 g/mol. The van der Waals surface area contributed by atoms with Crippen LogP contribution in [0.3, 0.4) is 0 Å². The smallest absolute Gasteiger partial charge is 0.352 e. The van der Waals surface area contributed by atoms with Crippen molar-refractivity contribution in [1.29, 1.82) is 0 Å². The molecule has 0 bridgehead atoms. The summed E-state index contributed by atoms with van der Waals surface area (Å²) in [5.41, 5.74) is 0.885. The van der Waals surface area contributed by atoms with Crippen LogP contribution in [-0.4, -0.2) is 32.0 Å². The van der Waals surface area contributed by atoms with Crippen LogP contribution < -0.4 is 10.1 Å². The second kappa shape index (κ2) is 10.9. The number of hydrogen-bond acceptors (Lipinski definition) is 5. The van der Waals surface area contributed by atoms with Gasteiger partial charge in [-0.1, -0.05) is 38.1 Å². The van der Waals surface area contributed by atoms with Crippen LogP contribution >= 0.6 is 7.60 Å². The predicted octanol–water partition coefficient (Wildman–Crippen LogP) is 5.71. The van der Waals surface area contributed by atoms with Gasteiger partial charge >= 0.3 is 7.60 Å². The Labute approximate surface area is 179 Å². The maximum Gasteiger partial charge on any atom is 0.352 e. The van der Waals surface area contributed by atoms with Crippen molar-refractivity contribution < 1.29 is 23.1 Å². The van der Waals surface area contributed by atoms with Gasteiger partial charge in [0.2, 0.25) is 5.91 Å². The third-order valence-electron chi connectivity index (χ3n) is 4.97. The standard InChI is InChI=1S/C23H34NO5P/c1-7-28-30(26,29-8-2)22(13-16(3)4)24-23(25)17(5)18-9-10-20-15-21(27-6)12-11-19(20)14-18/h9-12,14-17,22H,7-8,13H2,1-6H3,(H,24,25)/t17-,22+/m0/s1. The lowest BCUT2D eigenvalue weighted by Gasteiger charge is -2.29. The van der Waals surface area contributed by atoms with Crippen LogP contribution in [0.1, 0.15) is 52.5 Å². The molecule has 6 nitrogen and oxygen atoms in total. The summed E-state index contributed by atoms with van der Waals surface area (Å²) in [6, 6.07) is 11.8. The zero-order valence-electron chi connectivity index (χ0n) is 18.8. The van der Waals surface area contributed by atoms with E-state index in [0.717, 1.165) is 22.1 Å². The predicted molar refractivity (Wildman–Crippen MR) is 121 cm³/mol. The van der Waals surface area contributed by atoms with Gasteiger partial charge in [0.15, 0.2) is 0 Å². The summed E-state index contributed by atoms with van der Waals surface area (Å²) >= 11 is 0. The molecule has 2 atom stereocenters. The minimum absolute atomic E-state index is 0.201. The van der Waals surface area contributed by atoms with Gasteiger partial charge in [-0.2, -0.15) is 0 Å². The zero-order valence-corrected chi connectivity index (χ0v) is 19.7. The van der Waals surface area contributed by atoms with Crippen molar-refractivity contribution in [2.24, 2.45) is 5.92 Å². The number of hydrogen-bond donors (Lipinski definition) is 1. The Morgan fingerprint density at radius 1 is 1.00 bits per heavy atom. The Bertz CT molecular complexity index is 888. The molecule has 1 amide bonds. The van der Waals surface area contributed by atoms with Crippen LogP contribution in [0.5, 0.6) is 5.75 Å². The summed E-state index contributed by atoms with van der Waals surface area (Å²) in [5.74, 6) is -0.288.